The number of anilines is 2. The van der Waals surface area contributed by atoms with E-state index in [4.69, 9.17) is 18.9 Å². The highest BCUT2D eigenvalue weighted by Crippen LogP contribution is 2.56. The van der Waals surface area contributed by atoms with Crippen molar-refractivity contribution in [3.63, 3.8) is 0 Å². The lowest BCUT2D eigenvalue weighted by atomic mass is 10.0. The molecule has 6 heterocycles. The molecule has 6 aromatic rings. The number of carbonyl (C=O) groups is 4. The van der Waals surface area contributed by atoms with E-state index in [2.05, 4.69) is 10.2 Å². The molecule has 624 valence electrons. The molecule has 4 amide bonds. The molecule has 0 bridgehead atoms. The highest BCUT2D eigenvalue weighted by atomic mass is 19.5. The lowest BCUT2D eigenvalue weighted by molar-refractivity contribution is -0.291. The number of alkyl halides is 32. The van der Waals surface area contributed by atoms with Gasteiger partial charge in [0.05, 0.1) is 33.4 Å². The van der Waals surface area contributed by atoms with E-state index in [1.807, 2.05) is 0 Å². The number of aryl methyl sites for hydroxylation is 4. The van der Waals surface area contributed by atoms with E-state index in [0.717, 1.165) is 38.9 Å². The number of nitrogens with one attached hydrogen (secondary N) is 2. The molecule has 6 rings (SSSR count). The minimum Gasteiger partial charge on any atom is -0.443 e. The van der Waals surface area contributed by atoms with Crippen molar-refractivity contribution in [1.82, 2.24) is 48.7 Å². The lowest BCUT2D eigenvalue weighted by Crippen LogP contribution is -2.52. The zero-order valence-corrected chi connectivity index (χ0v) is 58.6. The van der Waals surface area contributed by atoms with Gasteiger partial charge < -0.3 is 37.2 Å². The molecular weight excluding hydrogens is 1600 g/mol. The molecule has 52 heteroatoms. The Morgan fingerprint density at radius 2 is 0.582 bits per heavy atom. The van der Waals surface area contributed by atoms with Crippen LogP contribution >= 0.6 is 0 Å². The van der Waals surface area contributed by atoms with E-state index in [1.165, 1.54) is 95.2 Å². The van der Waals surface area contributed by atoms with Crippen LogP contribution in [0.3, 0.4) is 0 Å². The van der Waals surface area contributed by atoms with Crippen molar-refractivity contribution >= 4 is 36.0 Å². The minimum atomic E-state index is -6.48. The van der Waals surface area contributed by atoms with Crippen LogP contribution in [-0.2, 0) is 95.5 Å². The van der Waals surface area contributed by atoms with Crippen molar-refractivity contribution in [3.05, 3.63) is 106 Å². The van der Waals surface area contributed by atoms with Gasteiger partial charge in [-0.25, -0.2) is 39.4 Å². The van der Waals surface area contributed by atoms with E-state index in [1.54, 1.807) is 10.9 Å². The third kappa shape index (κ3) is 22.3. The summed E-state index contributed by atoms with van der Waals surface area (Å²) in [5.74, 6) is -28.5. The maximum atomic E-state index is 14.3. The molecule has 0 saturated carbocycles. The fraction of sp³-hybridized carbons (Fsp3) is 0.552. The van der Waals surface area contributed by atoms with Crippen molar-refractivity contribution in [2.75, 3.05) is 10.0 Å². The molecule has 0 radical (unpaired) electrons. The van der Waals surface area contributed by atoms with Crippen LogP contribution < -0.4 is 20.9 Å². The van der Waals surface area contributed by atoms with Crippen molar-refractivity contribution in [2.45, 2.75) is 179 Å². The molecule has 0 aromatic carbocycles. The molecule has 0 atom stereocenters. The van der Waals surface area contributed by atoms with Gasteiger partial charge >= 0.3 is 97.5 Å². The number of rotatable bonds is 8. The van der Waals surface area contributed by atoms with E-state index < -0.39 is 188 Å². The zero-order valence-electron chi connectivity index (χ0n) is 58.6. The first kappa shape index (κ1) is 94.6. The number of aromatic nitrogens is 8. The summed E-state index contributed by atoms with van der Waals surface area (Å²) in [5, 5.41) is 6.35. The minimum absolute atomic E-state index is 0.0710. The summed E-state index contributed by atoms with van der Waals surface area (Å²) in [6.07, 6.45) is -49.9. The SMILES string of the molecule is Cn1cc(C(F)(F)C(F)(F)F)c(C(F)(F)F)c1-n1cccn1.Cn1cc(C(F)(F)C(F)(F)F)c(C(F)(F)F)c1N(NC(=O)OC(C)(C)C)C(=O)OC(C)(C)C.Cn1cc(C(F)(F)F)c(C(F)(F)C(F)(F)F)c1-n1cccn1.Cn1cc(C(F)(F)F)c(C(F)(F)C(F)(F)F)c1N(NC(=O)OC(C)(C)C)C(=O)OC(C)(C)C. The molecule has 0 unspecified atom stereocenters. The maximum absolute atomic E-state index is 14.3. The Morgan fingerprint density at radius 1 is 0.327 bits per heavy atom. The molecule has 0 aliphatic carbocycles. The first-order valence-corrected chi connectivity index (χ1v) is 29.4. The molecule has 110 heavy (non-hydrogen) atoms. The van der Waals surface area contributed by atoms with E-state index in [-0.39, 0.29) is 43.9 Å². The van der Waals surface area contributed by atoms with Crippen LogP contribution in [0.4, 0.5) is 171 Å². The molecule has 0 spiro atoms. The number of hydrogen-bond acceptors (Lipinski definition) is 10. The van der Waals surface area contributed by atoms with Crippen LogP contribution in [0.1, 0.15) is 128 Å². The van der Waals surface area contributed by atoms with Gasteiger partial charge in [0.25, 0.3) is 0 Å². The van der Waals surface area contributed by atoms with Gasteiger partial charge in [0, 0.05) is 77.8 Å². The van der Waals surface area contributed by atoms with E-state index in [0.29, 0.717) is 32.6 Å². The van der Waals surface area contributed by atoms with E-state index in [9.17, 15) is 160 Å². The Morgan fingerprint density at radius 3 is 0.855 bits per heavy atom. The Kier molecular flexibility index (Phi) is 26.6. The standard InChI is InChI=1S/2C18H23F8N3O4.2C11H7F8N3/c1-14(2,3)32-12(30)27-29(13(31)33-15(4,5)6)11-10(16(19,20)18(24,25)26)9(8-28(11)7)17(21,22)23;1-14(2,3)32-12(30)27-29(13(31)33-15(4,5)6)11-10(17(21,22)23)9(8-28(11)7)16(19,20)18(24,25)26;1-21-5-6(10(14,15)16)7(9(12,13)11(17,18)19)8(21)22-4-2-3-20-22;1-21-5-6(9(12,13)11(17,18)19)7(10(14,15)16)8(21)22-4-2-3-20-22/h2*8H,1-7H3,(H,27,30);2*2-5H,1H3. The highest BCUT2D eigenvalue weighted by molar-refractivity contribution is 5.92. The predicted molar refractivity (Wildman–Crippen MR) is 312 cm³/mol. The zero-order chi connectivity index (χ0) is 86.6. The quantitative estimate of drug-likeness (QED) is 0.0842. The van der Waals surface area contributed by atoms with Gasteiger partial charge in [-0.05, 0) is 95.2 Å². The molecular formula is C58H60F32N12O8. The summed E-state index contributed by atoms with van der Waals surface area (Å²) in [6, 6.07) is 2.38. The van der Waals surface area contributed by atoms with Crippen LogP contribution in [0.5, 0.6) is 0 Å². The third-order valence-corrected chi connectivity index (χ3v) is 12.7. The smallest absolute Gasteiger partial charge is 0.443 e. The molecule has 20 nitrogen and oxygen atoms in total. The van der Waals surface area contributed by atoms with Gasteiger partial charge in [0.15, 0.2) is 5.82 Å². The Hall–Kier alpha value is -9.62. The van der Waals surface area contributed by atoms with Crippen molar-refractivity contribution < 1.29 is 179 Å². The summed E-state index contributed by atoms with van der Waals surface area (Å²) >= 11 is 0. The summed E-state index contributed by atoms with van der Waals surface area (Å²) in [7, 11) is 3.19. The van der Waals surface area contributed by atoms with Gasteiger partial charge in [-0.2, -0.15) is 161 Å². The fourth-order valence-corrected chi connectivity index (χ4v) is 8.79. The highest BCUT2D eigenvalue weighted by Gasteiger charge is 2.67. The Balaban J connectivity index is 0.000000386. The summed E-state index contributed by atoms with van der Waals surface area (Å²) in [6.45, 7) is 16.0. The van der Waals surface area contributed by atoms with Crippen molar-refractivity contribution in [2.24, 2.45) is 28.2 Å². The second-order valence-corrected chi connectivity index (χ2v) is 26.4. The molecule has 0 aliphatic heterocycles. The second-order valence-electron chi connectivity index (χ2n) is 26.4. The third-order valence-electron chi connectivity index (χ3n) is 12.7. The number of ether oxygens (including phenoxy) is 4. The molecule has 0 fully saturated rings. The molecule has 0 saturated heterocycles. The van der Waals surface area contributed by atoms with Gasteiger partial charge in [0.2, 0.25) is 0 Å². The monoisotopic (exact) mass is 1660 g/mol. The molecule has 0 aliphatic rings. The number of halogens is 32. The average Bonchev–Trinajstić information content (AvgIpc) is 1.59. The fourth-order valence-electron chi connectivity index (χ4n) is 8.79. The lowest BCUT2D eigenvalue weighted by Gasteiger charge is -2.31. The molecule has 6 aromatic heterocycles. The normalized spacial score (nSPS) is 13.6. The van der Waals surface area contributed by atoms with E-state index >= 15 is 0 Å². The maximum Gasteiger partial charge on any atom is 0.458 e. The van der Waals surface area contributed by atoms with Crippen LogP contribution in [0.25, 0.3) is 11.6 Å². The predicted octanol–water partition coefficient (Wildman–Crippen LogP) is 19.5. The first-order chi connectivity index (χ1) is 48.5. The Labute approximate surface area is 597 Å². The number of nitrogens with zero attached hydrogens (tertiary/aromatic N) is 10. The van der Waals surface area contributed by atoms with Crippen LogP contribution in [0.15, 0.2) is 61.7 Å². The van der Waals surface area contributed by atoms with Crippen molar-refractivity contribution in [3.8, 4) is 11.6 Å². The van der Waals surface area contributed by atoms with Crippen LogP contribution in [0.2, 0.25) is 0 Å². The number of hydrogen-bond donors (Lipinski definition) is 2. The summed E-state index contributed by atoms with van der Waals surface area (Å²) in [5.41, 5.74) is -20.4. The summed E-state index contributed by atoms with van der Waals surface area (Å²) < 4.78 is 445. The van der Waals surface area contributed by atoms with Gasteiger partial charge in [-0.15, -0.1) is 0 Å². The van der Waals surface area contributed by atoms with Crippen LogP contribution in [-0.4, -0.2) is 109 Å². The van der Waals surface area contributed by atoms with Gasteiger partial charge in [-0.3, -0.25) is 0 Å². The molecule has 2 N–H and O–H groups in total. The topological polar surface area (TPSA) is 191 Å². The van der Waals surface area contributed by atoms with Gasteiger partial charge in [-0.1, -0.05) is 0 Å². The van der Waals surface area contributed by atoms with Gasteiger partial charge in [0.1, 0.15) is 51.0 Å². The van der Waals surface area contributed by atoms with Crippen LogP contribution in [0, 0.1) is 0 Å². The number of hydrazine groups is 2. The first-order valence-electron chi connectivity index (χ1n) is 29.4. The average molecular weight is 1660 g/mol. The van der Waals surface area contributed by atoms with Crippen molar-refractivity contribution in [1.29, 1.82) is 0 Å². The Bertz CT molecular complexity index is 4170. The largest absolute Gasteiger partial charge is 0.458 e. The number of carbonyl (C=O) groups excluding carboxylic acids is 4. The second kappa shape index (κ2) is 30.9. The number of amides is 4. The summed E-state index contributed by atoms with van der Waals surface area (Å²) in [4.78, 5) is 49.5.